The highest BCUT2D eigenvalue weighted by molar-refractivity contribution is 5.64. The number of carbonyl (C=O) groups excluding carboxylic acids is 1. The maximum Gasteiger partial charge on any atom is 0.404 e. The minimum absolute atomic E-state index is 0.0741. The number of nitrogens with zero attached hydrogens (tertiary/aromatic N) is 1. The zero-order valence-corrected chi connectivity index (χ0v) is 8.45. The van der Waals surface area contributed by atoms with Crippen LogP contribution < -0.4 is 5.73 Å². The molecular formula is C10H18N2O2. The van der Waals surface area contributed by atoms with Crippen LogP contribution >= 0.6 is 0 Å². The molecule has 1 heterocycles. The molecule has 2 fully saturated rings. The van der Waals surface area contributed by atoms with Crippen LogP contribution in [-0.2, 0) is 4.74 Å². The topological polar surface area (TPSA) is 55.6 Å². The third-order valence-electron chi connectivity index (χ3n) is 3.33. The fourth-order valence-electron chi connectivity index (χ4n) is 2.40. The smallest absolute Gasteiger partial charge is 0.404 e. The zero-order valence-electron chi connectivity index (χ0n) is 8.45. The van der Waals surface area contributed by atoms with Crippen LogP contribution in [0.4, 0.5) is 4.79 Å². The van der Waals surface area contributed by atoms with E-state index in [1.165, 1.54) is 19.5 Å². The Bertz CT molecular complexity index is 208. The fraction of sp³-hybridized carbons (Fsp3) is 0.900. The molecule has 14 heavy (non-hydrogen) atoms. The van der Waals surface area contributed by atoms with Crippen LogP contribution in [0.2, 0.25) is 0 Å². The Labute approximate surface area is 84.4 Å². The number of hydrogen-bond donors (Lipinski definition) is 1. The van der Waals surface area contributed by atoms with Gasteiger partial charge >= 0.3 is 6.09 Å². The first-order valence-corrected chi connectivity index (χ1v) is 5.46. The molecule has 1 saturated heterocycles. The Morgan fingerprint density at radius 1 is 1.21 bits per heavy atom. The molecule has 0 aromatic carbocycles. The summed E-state index contributed by atoms with van der Waals surface area (Å²) in [6.07, 6.45) is 5.05. The number of rotatable bonds is 2. The van der Waals surface area contributed by atoms with Crippen LogP contribution in [-0.4, -0.2) is 36.2 Å². The molecule has 0 bridgehead atoms. The van der Waals surface area contributed by atoms with Gasteiger partial charge in [-0.15, -0.1) is 0 Å². The van der Waals surface area contributed by atoms with E-state index in [1.54, 1.807) is 0 Å². The lowest BCUT2D eigenvalue weighted by Gasteiger charge is -2.41. The molecule has 1 amide bonds. The van der Waals surface area contributed by atoms with Crippen molar-refractivity contribution in [2.24, 2.45) is 5.73 Å². The summed E-state index contributed by atoms with van der Waals surface area (Å²) in [6, 6.07) is 0.733. The molecule has 0 radical (unpaired) electrons. The highest BCUT2D eigenvalue weighted by Crippen LogP contribution is 2.27. The van der Waals surface area contributed by atoms with Crippen LogP contribution in [0.3, 0.4) is 0 Å². The number of amides is 1. The summed E-state index contributed by atoms with van der Waals surface area (Å²) in [5, 5.41) is 0. The molecule has 4 nitrogen and oxygen atoms in total. The van der Waals surface area contributed by atoms with E-state index in [0.717, 1.165) is 31.7 Å². The largest absolute Gasteiger partial charge is 0.446 e. The van der Waals surface area contributed by atoms with Crippen molar-refractivity contribution in [2.45, 2.75) is 44.2 Å². The zero-order chi connectivity index (χ0) is 9.97. The Balaban J connectivity index is 1.71. The van der Waals surface area contributed by atoms with Crippen molar-refractivity contribution in [3.8, 4) is 0 Å². The second-order valence-corrected chi connectivity index (χ2v) is 4.26. The van der Waals surface area contributed by atoms with Crippen molar-refractivity contribution in [1.29, 1.82) is 0 Å². The van der Waals surface area contributed by atoms with Crippen molar-refractivity contribution in [3.05, 3.63) is 0 Å². The molecule has 1 aliphatic heterocycles. The Hall–Kier alpha value is -0.770. The van der Waals surface area contributed by atoms with Crippen molar-refractivity contribution >= 4 is 6.09 Å². The van der Waals surface area contributed by atoms with Crippen LogP contribution in [0, 0.1) is 0 Å². The summed E-state index contributed by atoms with van der Waals surface area (Å²) in [5.41, 5.74) is 4.98. The van der Waals surface area contributed by atoms with Gasteiger partial charge in [-0.2, -0.15) is 0 Å². The second-order valence-electron chi connectivity index (χ2n) is 4.26. The number of nitrogens with two attached hydrogens (primary N) is 1. The molecule has 1 saturated carbocycles. The molecular weight excluding hydrogens is 180 g/mol. The summed E-state index contributed by atoms with van der Waals surface area (Å²) in [6.45, 7) is 2.51. The van der Waals surface area contributed by atoms with Crippen LogP contribution in [0.15, 0.2) is 0 Å². The van der Waals surface area contributed by atoms with E-state index in [1.807, 2.05) is 0 Å². The SMILES string of the molecule is NC(=O)OC1CCC(N2CCC2)CC1. The maximum atomic E-state index is 10.5. The summed E-state index contributed by atoms with van der Waals surface area (Å²) in [4.78, 5) is 13.1. The molecule has 80 valence electrons. The van der Waals surface area contributed by atoms with Crippen molar-refractivity contribution in [1.82, 2.24) is 4.90 Å². The minimum atomic E-state index is -0.627. The molecule has 2 aliphatic rings. The quantitative estimate of drug-likeness (QED) is 0.722. The standard InChI is InChI=1S/C10H18N2O2/c11-10(13)14-9-4-2-8(3-5-9)12-6-1-7-12/h8-9H,1-7H2,(H2,11,13). The van der Waals surface area contributed by atoms with Crippen LogP contribution in [0.5, 0.6) is 0 Å². The lowest BCUT2D eigenvalue weighted by molar-refractivity contribution is 0.0331. The van der Waals surface area contributed by atoms with Crippen LogP contribution in [0.1, 0.15) is 32.1 Å². The van der Waals surface area contributed by atoms with E-state index in [0.29, 0.717) is 0 Å². The monoisotopic (exact) mass is 198 g/mol. The van der Waals surface area contributed by atoms with Gasteiger partial charge in [-0.3, -0.25) is 0 Å². The van der Waals surface area contributed by atoms with E-state index in [9.17, 15) is 4.79 Å². The lowest BCUT2D eigenvalue weighted by atomic mass is 9.90. The summed E-state index contributed by atoms with van der Waals surface area (Å²) < 4.78 is 4.99. The van der Waals surface area contributed by atoms with Gasteiger partial charge in [-0.05, 0) is 45.2 Å². The molecule has 1 aliphatic carbocycles. The normalized spacial score (nSPS) is 33.4. The molecule has 2 N–H and O–H groups in total. The molecule has 0 aromatic rings. The van der Waals surface area contributed by atoms with Gasteiger partial charge in [0.2, 0.25) is 0 Å². The first kappa shape index (κ1) is 9.77. The van der Waals surface area contributed by atoms with E-state index in [-0.39, 0.29) is 6.10 Å². The predicted octanol–water partition coefficient (Wildman–Crippen LogP) is 1.10. The first-order chi connectivity index (χ1) is 6.75. The highest BCUT2D eigenvalue weighted by atomic mass is 16.6. The van der Waals surface area contributed by atoms with Gasteiger partial charge in [0.15, 0.2) is 0 Å². The molecule has 0 atom stereocenters. The van der Waals surface area contributed by atoms with E-state index >= 15 is 0 Å². The van der Waals surface area contributed by atoms with Gasteiger partial charge < -0.3 is 15.4 Å². The van der Waals surface area contributed by atoms with Gasteiger partial charge in [0.25, 0.3) is 0 Å². The highest BCUT2D eigenvalue weighted by Gasteiger charge is 2.29. The van der Waals surface area contributed by atoms with Gasteiger partial charge in [0, 0.05) is 6.04 Å². The Morgan fingerprint density at radius 2 is 1.86 bits per heavy atom. The Morgan fingerprint density at radius 3 is 2.29 bits per heavy atom. The van der Waals surface area contributed by atoms with Crippen molar-refractivity contribution in [2.75, 3.05) is 13.1 Å². The van der Waals surface area contributed by atoms with Crippen LogP contribution in [0.25, 0.3) is 0 Å². The predicted molar refractivity (Wildman–Crippen MR) is 52.9 cm³/mol. The average Bonchev–Trinajstić information content (AvgIpc) is 2.04. The summed E-state index contributed by atoms with van der Waals surface area (Å²) in [7, 11) is 0. The maximum absolute atomic E-state index is 10.5. The average molecular weight is 198 g/mol. The number of likely N-dealkylation sites (tertiary alicyclic amines) is 1. The van der Waals surface area contributed by atoms with Gasteiger partial charge in [-0.1, -0.05) is 0 Å². The van der Waals surface area contributed by atoms with Crippen molar-refractivity contribution < 1.29 is 9.53 Å². The van der Waals surface area contributed by atoms with Gasteiger partial charge in [0.1, 0.15) is 6.10 Å². The number of ether oxygens (including phenoxy) is 1. The molecule has 4 heteroatoms. The third-order valence-corrected chi connectivity index (χ3v) is 3.33. The third kappa shape index (κ3) is 2.18. The first-order valence-electron chi connectivity index (χ1n) is 5.46. The molecule has 2 rings (SSSR count). The molecule has 0 unspecified atom stereocenters. The van der Waals surface area contributed by atoms with E-state index in [4.69, 9.17) is 10.5 Å². The second kappa shape index (κ2) is 4.17. The number of hydrogen-bond acceptors (Lipinski definition) is 3. The minimum Gasteiger partial charge on any atom is -0.446 e. The fourth-order valence-corrected chi connectivity index (χ4v) is 2.40. The van der Waals surface area contributed by atoms with Gasteiger partial charge in [0.05, 0.1) is 0 Å². The summed E-state index contributed by atoms with van der Waals surface area (Å²) >= 11 is 0. The summed E-state index contributed by atoms with van der Waals surface area (Å²) in [5.74, 6) is 0. The molecule has 0 aromatic heterocycles. The number of carbonyl (C=O) groups is 1. The Kier molecular flexibility index (Phi) is 2.91. The molecule has 0 spiro atoms. The van der Waals surface area contributed by atoms with Gasteiger partial charge in [-0.25, -0.2) is 4.79 Å². The number of primary amides is 1. The van der Waals surface area contributed by atoms with E-state index in [2.05, 4.69) is 4.90 Å². The van der Waals surface area contributed by atoms with E-state index < -0.39 is 6.09 Å². The lowest BCUT2D eigenvalue weighted by Crippen LogP contribution is -2.47. The van der Waals surface area contributed by atoms with Crippen molar-refractivity contribution in [3.63, 3.8) is 0 Å².